The van der Waals surface area contributed by atoms with E-state index in [4.69, 9.17) is 4.98 Å². The van der Waals surface area contributed by atoms with E-state index in [1.165, 1.54) is 4.57 Å². The Hall–Kier alpha value is -3.95. The molecule has 1 N–H and O–H groups in total. The molecule has 42 heavy (non-hydrogen) atoms. The van der Waals surface area contributed by atoms with Crippen LogP contribution in [0.25, 0.3) is 11.3 Å². The van der Waals surface area contributed by atoms with Gasteiger partial charge in [0.25, 0.3) is 11.5 Å². The number of thioether (sulfide) groups is 1. The first kappa shape index (κ1) is 29.5. The third kappa shape index (κ3) is 6.12. The number of amides is 1. The van der Waals surface area contributed by atoms with Gasteiger partial charge >= 0.3 is 0 Å². The van der Waals surface area contributed by atoms with Crippen LogP contribution in [0.2, 0.25) is 0 Å². The number of carbonyl (C=O) groups is 1. The fourth-order valence-corrected chi connectivity index (χ4v) is 5.82. The zero-order valence-corrected chi connectivity index (χ0v) is 25.4. The van der Waals surface area contributed by atoms with Gasteiger partial charge in [-0.15, -0.1) is 0 Å². The van der Waals surface area contributed by atoms with Gasteiger partial charge in [0, 0.05) is 48.1 Å². The number of carbonyl (C=O) groups excluding carboxylic acids is 1. The molecule has 3 aromatic carbocycles. The molecule has 1 aromatic heterocycles. The smallest absolute Gasteiger partial charge is 0.295 e. The Bertz CT molecular complexity index is 1630. The minimum atomic E-state index is -1.27. The van der Waals surface area contributed by atoms with Gasteiger partial charge in [0.05, 0.1) is 11.4 Å². The van der Waals surface area contributed by atoms with Crippen molar-refractivity contribution in [3.05, 3.63) is 106 Å². The molecule has 1 aliphatic heterocycles. The molecule has 218 valence electrons. The standard InChI is InChI=1S/C33H36FN5O2S/c1-22-26(12-9-13-27(22)36-31(40)23-14-16-24(17-15-23)33(2,3)4)28-20-37(5)32(41)30(35-28)39(25-10-7-6-8-11-25)38-18-19-42-21-29(38)34/h6-17,20,29H,18-19,21H2,1-5H3,(H,36,40). The number of aromatic nitrogens is 2. The van der Waals surface area contributed by atoms with Gasteiger partial charge in [-0.2, -0.15) is 16.8 Å². The Labute approximate surface area is 250 Å². The number of hydrazine groups is 1. The zero-order chi connectivity index (χ0) is 30.0. The number of nitrogens with one attached hydrogen (secondary N) is 1. The van der Waals surface area contributed by atoms with E-state index < -0.39 is 6.30 Å². The zero-order valence-electron chi connectivity index (χ0n) is 24.6. The second-order valence-corrected chi connectivity index (χ2v) is 12.6. The largest absolute Gasteiger partial charge is 0.322 e. The summed E-state index contributed by atoms with van der Waals surface area (Å²) >= 11 is 1.55. The van der Waals surface area contributed by atoms with Crippen molar-refractivity contribution in [2.45, 2.75) is 39.4 Å². The summed E-state index contributed by atoms with van der Waals surface area (Å²) in [7, 11) is 1.67. The number of rotatable bonds is 6. The summed E-state index contributed by atoms with van der Waals surface area (Å²) in [5, 5.41) is 6.22. The minimum absolute atomic E-state index is 0.00424. The summed E-state index contributed by atoms with van der Waals surface area (Å²) in [5.74, 6) is 0.952. The van der Waals surface area contributed by atoms with Crippen molar-refractivity contribution in [1.82, 2.24) is 14.6 Å². The maximum Gasteiger partial charge on any atom is 0.295 e. The molecule has 9 heteroatoms. The molecule has 4 aromatic rings. The molecule has 5 rings (SSSR count). The van der Waals surface area contributed by atoms with Crippen molar-refractivity contribution in [2.24, 2.45) is 7.05 Å². The summed E-state index contributed by atoms with van der Waals surface area (Å²) in [6.45, 7) is 8.75. The summed E-state index contributed by atoms with van der Waals surface area (Å²) in [6, 6.07) is 22.5. The third-order valence-electron chi connectivity index (χ3n) is 7.43. The first-order valence-corrected chi connectivity index (χ1v) is 15.1. The maximum atomic E-state index is 15.3. The molecule has 1 unspecified atom stereocenters. The maximum absolute atomic E-state index is 15.3. The number of para-hydroxylation sites is 1. The van der Waals surface area contributed by atoms with Crippen molar-refractivity contribution in [3.8, 4) is 11.3 Å². The molecule has 1 fully saturated rings. The van der Waals surface area contributed by atoms with E-state index in [0.717, 1.165) is 22.4 Å². The van der Waals surface area contributed by atoms with Crippen LogP contribution in [0.3, 0.4) is 0 Å². The lowest BCUT2D eigenvalue weighted by Crippen LogP contribution is -2.51. The van der Waals surface area contributed by atoms with Crippen LogP contribution in [0.4, 0.5) is 21.6 Å². The Morgan fingerprint density at radius 3 is 2.43 bits per heavy atom. The first-order valence-electron chi connectivity index (χ1n) is 14.0. The van der Waals surface area contributed by atoms with Gasteiger partial charge in [0.1, 0.15) is 0 Å². The predicted molar refractivity (Wildman–Crippen MR) is 170 cm³/mol. The van der Waals surface area contributed by atoms with Gasteiger partial charge in [0.15, 0.2) is 6.30 Å². The normalized spacial score (nSPS) is 15.8. The van der Waals surface area contributed by atoms with E-state index in [9.17, 15) is 9.59 Å². The second-order valence-electron chi connectivity index (χ2n) is 11.4. The predicted octanol–water partition coefficient (Wildman–Crippen LogP) is 6.70. The third-order valence-corrected chi connectivity index (χ3v) is 8.41. The topological polar surface area (TPSA) is 70.5 Å². The van der Waals surface area contributed by atoms with E-state index >= 15 is 4.39 Å². The fourth-order valence-electron chi connectivity index (χ4n) is 4.97. The average molecular weight is 586 g/mol. The lowest BCUT2D eigenvalue weighted by molar-refractivity contribution is 0.102. The molecule has 1 amide bonds. The van der Waals surface area contributed by atoms with Crippen LogP contribution in [0.5, 0.6) is 0 Å². The van der Waals surface area contributed by atoms with Gasteiger partial charge in [-0.1, -0.05) is 63.2 Å². The number of nitrogens with zero attached hydrogens (tertiary/aromatic N) is 4. The van der Waals surface area contributed by atoms with Crippen molar-refractivity contribution in [2.75, 3.05) is 28.4 Å². The molecule has 0 saturated carbocycles. The van der Waals surface area contributed by atoms with Gasteiger partial charge in [-0.3, -0.25) is 9.59 Å². The van der Waals surface area contributed by atoms with Gasteiger partial charge in [0.2, 0.25) is 5.82 Å². The second kappa shape index (κ2) is 12.1. The van der Waals surface area contributed by atoms with Crippen LogP contribution in [0, 0.1) is 6.92 Å². The fraction of sp³-hybridized carbons (Fsp3) is 0.303. The van der Waals surface area contributed by atoms with Gasteiger partial charge in [-0.25, -0.2) is 14.4 Å². The molecule has 0 bridgehead atoms. The average Bonchev–Trinajstić information content (AvgIpc) is 2.97. The number of anilines is 3. The Kier molecular flexibility index (Phi) is 8.52. The Morgan fingerprint density at radius 1 is 1.05 bits per heavy atom. The highest BCUT2D eigenvalue weighted by atomic mass is 32.2. The number of hydrogen-bond acceptors (Lipinski definition) is 6. The van der Waals surface area contributed by atoms with Crippen molar-refractivity contribution >= 4 is 34.9 Å². The van der Waals surface area contributed by atoms with Crippen molar-refractivity contribution in [1.29, 1.82) is 0 Å². The molecule has 7 nitrogen and oxygen atoms in total. The summed E-state index contributed by atoms with van der Waals surface area (Å²) in [5.41, 5.74) is 4.78. The molecule has 1 atom stereocenters. The molecule has 0 spiro atoms. The van der Waals surface area contributed by atoms with Crippen LogP contribution < -0.4 is 15.9 Å². The number of hydrogen-bond donors (Lipinski definition) is 1. The van der Waals surface area contributed by atoms with Crippen molar-refractivity contribution in [3.63, 3.8) is 0 Å². The SMILES string of the molecule is Cc1c(NC(=O)c2ccc(C(C)(C)C)cc2)cccc1-c1cn(C)c(=O)c(N(c2ccccc2)N2CCSCC2F)n1. The molecule has 1 aliphatic rings. The molecular weight excluding hydrogens is 549 g/mol. The van der Waals surface area contributed by atoms with Crippen LogP contribution in [-0.2, 0) is 12.5 Å². The molecule has 0 aliphatic carbocycles. The Balaban J connectivity index is 1.52. The lowest BCUT2D eigenvalue weighted by atomic mass is 9.86. The quantitative estimate of drug-likeness (QED) is 0.254. The molecule has 1 saturated heterocycles. The van der Waals surface area contributed by atoms with Crippen LogP contribution >= 0.6 is 11.8 Å². The highest BCUT2D eigenvalue weighted by Crippen LogP contribution is 2.32. The summed E-state index contributed by atoms with van der Waals surface area (Å²) < 4.78 is 16.7. The number of halogens is 1. The monoisotopic (exact) mass is 585 g/mol. The van der Waals surface area contributed by atoms with Crippen LogP contribution in [0.1, 0.15) is 42.3 Å². The summed E-state index contributed by atoms with van der Waals surface area (Å²) in [4.78, 5) is 31.5. The minimum Gasteiger partial charge on any atom is -0.322 e. The number of aryl methyl sites for hydroxylation is 1. The number of alkyl halides is 1. The van der Waals surface area contributed by atoms with E-state index in [1.807, 2.05) is 79.7 Å². The van der Waals surface area contributed by atoms with E-state index in [2.05, 4.69) is 26.1 Å². The summed E-state index contributed by atoms with van der Waals surface area (Å²) in [6.07, 6.45) is 0.407. The number of benzene rings is 3. The highest BCUT2D eigenvalue weighted by molar-refractivity contribution is 7.99. The van der Waals surface area contributed by atoms with Crippen LogP contribution in [0.15, 0.2) is 83.8 Å². The van der Waals surface area contributed by atoms with Gasteiger partial charge < -0.3 is 9.88 Å². The van der Waals surface area contributed by atoms with E-state index in [1.54, 1.807) is 35.0 Å². The van der Waals surface area contributed by atoms with E-state index in [-0.39, 0.29) is 22.7 Å². The lowest BCUT2D eigenvalue weighted by Gasteiger charge is -2.39. The Morgan fingerprint density at radius 2 is 1.76 bits per heavy atom. The molecular formula is C33H36FN5O2S. The van der Waals surface area contributed by atoms with Crippen molar-refractivity contribution < 1.29 is 9.18 Å². The first-order chi connectivity index (χ1) is 20.0. The highest BCUT2D eigenvalue weighted by Gasteiger charge is 2.32. The van der Waals surface area contributed by atoms with Gasteiger partial charge in [-0.05, 0) is 53.8 Å². The molecule has 2 heterocycles. The van der Waals surface area contributed by atoms with Crippen LogP contribution in [-0.4, -0.2) is 44.8 Å². The van der Waals surface area contributed by atoms with E-state index in [0.29, 0.717) is 34.9 Å². The molecule has 0 radical (unpaired) electrons.